The molecule has 0 saturated carbocycles. The number of rotatable bonds is 1. The average molecular weight is 187 g/mol. The fourth-order valence-electron chi connectivity index (χ4n) is 1.53. The largest absolute Gasteiger partial charge is 0.399 e. The summed E-state index contributed by atoms with van der Waals surface area (Å²) in [6, 6.07) is 3.68. The van der Waals surface area contributed by atoms with Crippen LogP contribution < -0.4 is 5.73 Å². The van der Waals surface area contributed by atoms with Gasteiger partial charge in [0.05, 0.1) is 5.69 Å². The van der Waals surface area contributed by atoms with Crippen molar-refractivity contribution in [3.05, 3.63) is 30.2 Å². The quantitative estimate of drug-likeness (QED) is 0.732. The number of pyridine rings is 1. The summed E-state index contributed by atoms with van der Waals surface area (Å²) < 4.78 is 0. The van der Waals surface area contributed by atoms with Gasteiger partial charge in [-0.1, -0.05) is 6.92 Å². The second-order valence-electron chi connectivity index (χ2n) is 3.61. The minimum absolute atomic E-state index is 0.484. The Morgan fingerprint density at radius 2 is 2.36 bits per heavy atom. The lowest BCUT2D eigenvalue weighted by Crippen LogP contribution is -2.03. The van der Waals surface area contributed by atoms with Gasteiger partial charge in [0.25, 0.3) is 0 Å². The summed E-state index contributed by atoms with van der Waals surface area (Å²) in [5.74, 6) is 0.484. The van der Waals surface area contributed by atoms with Crippen LogP contribution in [0.1, 0.15) is 19.0 Å². The lowest BCUT2D eigenvalue weighted by atomic mass is 9.98. The molecule has 2 rings (SSSR count). The second kappa shape index (κ2) is 3.62. The number of allylic oxidation sites excluding steroid dienone is 1. The van der Waals surface area contributed by atoms with Gasteiger partial charge in [-0.05, 0) is 30.0 Å². The molecule has 72 valence electrons. The first kappa shape index (κ1) is 8.94. The number of nitrogen functional groups attached to an aromatic ring is 1. The summed E-state index contributed by atoms with van der Waals surface area (Å²) in [5, 5.41) is 0. The van der Waals surface area contributed by atoms with Crippen molar-refractivity contribution < 1.29 is 0 Å². The molecule has 1 aromatic heterocycles. The van der Waals surface area contributed by atoms with E-state index in [0.717, 1.165) is 23.4 Å². The van der Waals surface area contributed by atoms with Crippen molar-refractivity contribution in [3.8, 4) is 0 Å². The van der Waals surface area contributed by atoms with Crippen LogP contribution >= 0.6 is 0 Å². The summed E-state index contributed by atoms with van der Waals surface area (Å²) in [6.07, 6.45) is 6.53. The van der Waals surface area contributed by atoms with Crippen molar-refractivity contribution in [1.82, 2.24) is 4.98 Å². The molecule has 2 N–H and O–H groups in total. The molecule has 0 spiro atoms. The minimum Gasteiger partial charge on any atom is -0.399 e. The van der Waals surface area contributed by atoms with Crippen LogP contribution in [0, 0.1) is 5.92 Å². The first-order chi connectivity index (χ1) is 6.75. The zero-order valence-electron chi connectivity index (χ0n) is 8.14. The molecule has 3 heteroatoms. The first-order valence-electron chi connectivity index (χ1n) is 4.70. The Morgan fingerprint density at radius 1 is 1.50 bits per heavy atom. The lowest BCUT2D eigenvalue weighted by Gasteiger charge is -2.13. The monoisotopic (exact) mass is 187 g/mol. The molecule has 0 fully saturated rings. The first-order valence-corrected chi connectivity index (χ1v) is 4.70. The van der Waals surface area contributed by atoms with E-state index in [1.54, 1.807) is 12.3 Å². The molecule has 0 radical (unpaired) electrons. The molecule has 0 aromatic carbocycles. The zero-order chi connectivity index (χ0) is 9.97. The molecule has 1 aliphatic rings. The van der Waals surface area contributed by atoms with Crippen LogP contribution in [0.3, 0.4) is 0 Å². The van der Waals surface area contributed by atoms with Gasteiger partial charge in [0.15, 0.2) is 0 Å². The standard InChI is InChI=1S/C11H13N3/c1-8-4-9(7-13-6-8)11-5-10(12)2-3-14-11/h2-3,5-8H,4H2,1H3,(H2,12,14). The SMILES string of the molecule is CC1C=NC=C(c2cc(N)ccn2)C1. The number of aliphatic imine (C=N–C) groups is 1. The third-order valence-electron chi connectivity index (χ3n) is 2.23. The van der Waals surface area contributed by atoms with E-state index in [9.17, 15) is 0 Å². The Balaban J connectivity index is 2.31. The molecule has 1 aliphatic heterocycles. The second-order valence-corrected chi connectivity index (χ2v) is 3.61. The van der Waals surface area contributed by atoms with Crippen LogP contribution in [0.15, 0.2) is 29.5 Å². The van der Waals surface area contributed by atoms with Gasteiger partial charge in [0.2, 0.25) is 0 Å². The van der Waals surface area contributed by atoms with Crippen molar-refractivity contribution in [1.29, 1.82) is 0 Å². The highest BCUT2D eigenvalue weighted by molar-refractivity contribution is 5.74. The highest BCUT2D eigenvalue weighted by Gasteiger charge is 2.10. The van der Waals surface area contributed by atoms with Gasteiger partial charge >= 0.3 is 0 Å². The van der Waals surface area contributed by atoms with Crippen molar-refractivity contribution in [3.63, 3.8) is 0 Å². The molecule has 0 aliphatic carbocycles. The molecule has 0 amide bonds. The number of nitrogens with two attached hydrogens (primary N) is 1. The fourth-order valence-corrected chi connectivity index (χ4v) is 1.53. The predicted molar refractivity (Wildman–Crippen MR) is 58.9 cm³/mol. The number of hydrogen-bond donors (Lipinski definition) is 1. The van der Waals surface area contributed by atoms with Gasteiger partial charge in [-0.25, -0.2) is 0 Å². The van der Waals surface area contributed by atoms with Gasteiger partial charge in [0.1, 0.15) is 0 Å². The van der Waals surface area contributed by atoms with Gasteiger partial charge in [0, 0.05) is 24.3 Å². The van der Waals surface area contributed by atoms with E-state index in [1.165, 1.54) is 0 Å². The van der Waals surface area contributed by atoms with E-state index in [1.807, 2.05) is 18.5 Å². The third-order valence-corrected chi connectivity index (χ3v) is 2.23. The predicted octanol–water partition coefficient (Wildman–Crippen LogP) is 2.12. The molecule has 0 saturated heterocycles. The number of hydrogen-bond acceptors (Lipinski definition) is 3. The van der Waals surface area contributed by atoms with E-state index >= 15 is 0 Å². The summed E-state index contributed by atoms with van der Waals surface area (Å²) in [6.45, 7) is 2.14. The molecule has 0 bridgehead atoms. The number of nitrogens with zero attached hydrogens (tertiary/aromatic N) is 2. The van der Waals surface area contributed by atoms with Crippen molar-refractivity contribution in [2.45, 2.75) is 13.3 Å². The Hall–Kier alpha value is -1.64. The molecular formula is C11H13N3. The van der Waals surface area contributed by atoms with E-state index in [2.05, 4.69) is 16.9 Å². The van der Waals surface area contributed by atoms with E-state index < -0.39 is 0 Å². The maximum atomic E-state index is 5.69. The molecule has 1 unspecified atom stereocenters. The lowest BCUT2D eigenvalue weighted by molar-refractivity contribution is 0.806. The maximum absolute atomic E-state index is 5.69. The summed E-state index contributed by atoms with van der Waals surface area (Å²) >= 11 is 0. The van der Waals surface area contributed by atoms with Crippen LogP contribution in [-0.4, -0.2) is 11.2 Å². The van der Waals surface area contributed by atoms with Gasteiger partial charge in [-0.15, -0.1) is 0 Å². The Bertz CT molecular complexity index is 393. The topological polar surface area (TPSA) is 51.3 Å². The zero-order valence-corrected chi connectivity index (χ0v) is 8.14. The highest BCUT2D eigenvalue weighted by Crippen LogP contribution is 2.24. The molecule has 1 atom stereocenters. The van der Waals surface area contributed by atoms with Gasteiger partial charge < -0.3 is 5.73 Å². The molecule has 1 aromatic rings. The van der Waals surface area contributed by atoms with Gasteiger partial charge in [-0.2, -0.15) is 0 Å². The molecule has 14 heavy (non-hydrogen) atoms. The van der Waals surface area contributed by atoms with E-state index in [0.29, 0.717) is 5.92 Å². The third kappa shape index (κ3) is 1.82. The minimum atomic E-state index is 0.484. The van der Waals surface area contributed by atoms with Crippen LogP contribution in [0.25, 0.3) is 5.57 Å². The number of anilines is 1. The fraction of sp³-hybridized carbons (Fsp3) is 0.273. The summed E-state index contributed by atoms with van der Waals surface area (Å²) in [4.78, 5) is 8.45. The smallest absolute Gasteiger partial charge is 0.0697 e. The highest BCUT2D eigenvalue weighted by atomic mass is 14.7. The molecular weight excluding hydrogens is 174 g/mol. The maximum Gasteiger partial charge on any atom is 0.0697 e. The average Bonchev–Trinajstić information content (AvgIpc) is 2.18. The Morgan fingerprint density at radius 3 is 3.07 bits per heavy atom. The van der Waals surface area contributed by atoms with Gasteiger partial charge in [-0.3, -0.25) is 9.98 Å². The summed E-state index contributed by atoms with van der Waals surface area (Å²) in [7, 11) is 0. The summed E-state index contributed by atoms with van der Waals surface area (Å²) in [5.41, 5.74) is 8.54. The van der Waals surface area contributed by atoms with Crippen LogP contribution in [0.2, 0.25) is 0 Å². The van der Waals surface area contributed by atoms with Crippen molar-refractivity contribution in [2.75, 3.05) is 5.73 Å². The van der Waals surface area contributed by atoms with Crippen LogP contribution in [-0.2, 0) is 0 Å². The number of aromatic nitrogens is 1. The van der Waals surface area contributed by atoms with E-state index in [-0.39, 0.29) is 0 Å². The Labute approximate surface area is 83.4 Å². The van der Waals surface area contributed by atoms with Crippen molar-refractivity contribution >= 4 is 17.5 Å². The Kier molecular flexibility index (Phi) is 2.31. The molecule has 2 heterocycles. The van der Waals surface area contributed by atoms with Crippen LogP contribution in [0.5, 0.6) is 0 Å². The van der Waals surface area contributed by atoms with Crippen molar-refractivity contribution in [2.24, 2.45) is 10.9 Å². The molecule has 3 nitrogen and oxygen atoms in total. The van der Waals surface area contributed by atoms with Crippen LogP contribution in [0.4, 0.5) is 5.69 Å². The van der Waals surface area contributed by atoms with E-state index in [4.69, 9.17) is 5.73 Å². The normalized spacial score (nSPS) is 20.6.